The summed E-state index contributed by atoms with van der Waals surface area (Å²) in [4.78, 5) is 23.5. The summed E-state index contributed by atoms with van der Waals surface area (Å²) in [5.41, 5.74) is -0.611. The zero-order valence-corrected chi connectivity index (χ0v) is 10.3. The van der Waals surface area contributed by atoms with Crippen molar-refractivity contribution < 1.29 is 14.7 Å². The summed E-state index contributed by atoms with van der Waals surface area (Å²) in [6.45, 7) is 8.38. The van der Waals surface area contributed by atoms with Crippen molar-refractivity contribution in [2.45, 2.75) is 39.7 Å². The molecule has 1 atom stereocenters. The van der Waals surface area contributed by atoms with Crippen LogP contribution in [0.3, 0.4) is 0 Å². The Hall–Kier alpha value is -1.26. The molecule has 1 aliphatic heterocycles. The maximum Gasteiger partial charge on any atom is 0.407 e. The summed E-state index contributed by atoms with van der Waals surface area (Å²) in [5, 5.41) is 11.9. The molecule has 1 fully saturated rings. The van der Waals surface area contributed by atoms with Crippen LogP contribution in [0.15, 0.2) is 0 Å². The zero-order chi connectivity index (χ0) is 12.6. The van der Waals surface area contributed by atoms with E-state index >= 15 is 0 Å². The Morgan fingerprint density at radius 1 is 1.38 bits per heavy atom. The van der Waals surface area contributed by atoms with E-state index in [-0.39, 0.29) is 11.3 Å². The predicted octanol–water partition coefficient (Wildman–Crippen LogP) is 1.29. The molecule has 2 N–H and O–H groups in total. The maximum absolute atomic E-state index is 11.3. The molecule has 0 aromatic heterocycles. The molecule has 0 aromatic carbocycles. The first-order chi connectivity index (χ1) is 7.18. The number of carbonyl (C=O) groups is 2. The molecule has 0 aromatic rings. The highest BCUT2D eigenvalue weighted by Gasteiger charge is 2.48. The van der Waals surface area contributed by atoms with Gasteiger partial charge in [0, 0.05) is 20.0 Å². The van der Waals surface area contributed by atoms with Gasteiger partial charge < -0.3 is 15.3 Å². The van der Waals surface area contributed by atoms with Gasteiger partial charge in [0.05, 0.1) is 5.54 Å². The van der Waals surface area contributed by atoms with Gasteiger partial charge in [-0.05, 0) is 11.8 Å². The van der Waals surface area contributed by atoms with E-state index in [9.17, 15) is 9.59 Å². The third kappa shape index (κ3) is 2.28. The third-order valence-electron chi connectivity index (χ3n) is 3.39. The van der Waals surface area contributed by atoms with Crippen molar-refractivity contribution in [3.63, 3.8) is 0 Å². The lowest BCUT2D eigenvalue weighted by atomic mass is 9.73. The fraction of sp³-hybridized carbons (Fsp3) is 0.818. The van der Waals surface area contributed by atoms with E-state index in [1.54, 1.807) is 0 Å². The minimum absolute atomic E-state index is 0.109. The fourth-order valence-corrected chi connectivity index (χ4v) is 2.21. The molecule has 92 valence electrons. The molecule has 0 radical (unpaired) electrons. The summed E-state index contributed by atoms with van der Waals surface area (Å²) in [6, 6.07) is 0. The van der Waals surface area contributed by atoms with Crippen molar-refractivity contribution in [2.24, 2.45) is 5.41 Å². The number of amides is 2. The number of hydrogen-bond donors (Lipinski definition) is 2. The smallest absolute Gasteiger partial charge is 0.407 e. The van der Waals surface area contributed by atoms with Crippen LogP contribution in [-0.2, 0) is 4.79 Å². The maximum atomic E-state index is 11.3. The van der Waals surface area contributed by atoms with Crippen molar-refractivity contribution in [2.75, 3.05) is 13.1 Å². The van der Waals surface area contributed by atoms with Crippen LogP contribution in [0.25, 0.3) is 0 Å². The lowest BCUT2D eigenvalue weighted by Gasteiger charge is -2.42. The molecular formula is C11H20N2O3. The van der Waals surface area contributed by atoms with Gasteiger partial charge in [-0.1, -0.05) is 20.8 Å². The van der Waals surface area contributed by atoms with Gasteiger partial charge in [-0.3, -0.25) is 4.79 Å². The van der Waals surface area contributed by atoms with Gasteiger partial charge in [0.15, 0.2) is 0 Å². The first kappa shape index (κ1) is 12.8. The van der Waals surface area contributed by atoms with Crippen molar-refractivity contribution in [3.8, 4) is 0 Å². The molecule has 5 heteroatoms. The van der Waals surface area contributed by atoms with E-state index in [0.29, 0.717) is 19.5 Å². The summed E-state index contributed by atoms with van der Waals surface area (Å²) >= 11 is 0. The average molecular weight is 228 g/mol. The number of hydrogen-bond acceptors (Lipinski definition) is 2. The second kappa shape index (κ2) is 3.96. The second-order valence-corrected chi connectivity index (χ2v) is 5.47. The van der Waals surface area contributed by atoms with Gasteiger partial charge in [-0.25, -0.2) is 4.79 Å². The number of nitrogens with one attached hydrogen (secondary N) is 1. The van der Waals surface area contributed by atoms with Gasteiger partial charge in [-0.2, -0.15) is 0 Å². The Balaban J connectivity index is 2.92. The van der Waals surface area contributed by atoms with Crippen molar-refractivity contribution >= 4 is 12.0 Å². The second-order valence-electron chi connectivity index (χ2n) is 5.47. The fourth-order valence-electron chi connectivity index (χ4n) is 2.21. The number of carbonyl (C=O) groups excluding carboxylic acids is 1. The molecule has 0 spiro atoms. The Bertz CT molecular complexity index is 309. The first-order valence-electron chi connectivity index (χ1n) is 5.45. The average Bonchev–Trinajstić information content (AvgIpc) is 2.47. The van der Waals surface area contributed by atoms with Crippen LogP contribution in [0.5, 0.6) is 0 Å². The summed E-state index contributed by atoms with van der Waals surface area (Å²) in [6.07, 6.45) is -0.251. The van der Waals surface area contributed by atoms with Crippen LogP contribution in [-0.4, -0.2) is 40.6 Å². The number of nitrogens with zero attached hydrogens (tertiary/aromatic N) is 1. The highest BCUT2D eigenvalue weighted by molar-refractivity contribution is 5.74. The van der Waals surface area contributed by atoms with Gasteiger partial charge in [0.1, 0.15) is 0 Å². The first-order valence-corrected chi connectivity index (χ1v) is 5.45. The van der Waals surface area contributed by atoms with E-state index in [1.165, 1.54) is 11.8 Å². The third-order valence-corrected chi connectivity index (χ3v) is 3.39. The predicted molar refractivity (Wildman–Crippen MR) is 60.2 cm³/mol. The SMILES string of the molecule is CC(=O)NC1(C(C)(C)C)CCN(C(=O)O)C1. The van der Waals surface area contributed by atoms with Gasteiger partial charge in [0.2, 0.25) is 5.91 Å². The molecule has 5 nitrogen and oxygen atoms in total. The standard InChI is InChI=1S/C11H20N2O3/c1-8(14)12-11(10(2,3)4)5-6-13(7-11)9(15)16/h5-7H2,1-4H3,(H,12,14)(H,15,16). The van der Waals surface area contributed by atoms with E-state index in [2.05, 4.69) is 5.32 Å². The van der Waals surface area contributed by atoms with E-state index in [4.69, 9.17) is 5.11 Å². The van der Waals surface area contributed by atoms with Gasteiger partial charge in [0.25, 0.3) is 0 Å². The summed E-state index contributed by atoms with van der Waals surface area (Å²) in [5.74, 6) is -0.109. The van der Waals surface area contributed by atoms with Gasteiger partial charge in [-0.15, -0.1) is 0 Å². The van der Waals surface area contributed by atoms with Crippen LogP contribution < -0.4 is 5.32 Å². The molecule has 1 rings (SSSR count). The molecular weight excluding hydrogens is 208 g/mol. The Kier molecular flexibility index (Phi) is 3.17. The Labute approximate surface area is 95.8 Å². The molecule has 16 heavy (non-hydrogen) atoms. The minimum Gasteiger partial charge on any atom is -0.465 e. The van der Waals surface area contributed by atoms with Crippen LogP contribution in [0.2, 0.25) is 0 Å². The summed E-state index contributed by atoms with van der Waals surface area (Å²) in [7, 11) is 0. The largest absolute Gasteiger partial charge is 0.465 e. The number of carboxylic acid groups (broad SMARTS) is 1. The van der Waals surface area contributed by atoms with Crippen LogP contribution in [0.1, 0.15) is 34.1 Å². The molecule has 1 unspecified atom stereocenters. The topological polar surface area (TPSA) is 69.6 Å². The van der Waals surface area contributed by atoms with Crippen LogP contribution in [0.4, 0.5) is 4.79 Å². The molecule has 1 aliphatic rings. The molecule has 0 saturated carbocycles. The number of likely N-dealkylation sites (tertiary alicyclic amines) is 1. The lowest BCUT2D eigenvalue weighted by molar-refractivity contribution is -0.122. The molecule has 2 amide bonds. The van der Waals surface area contributed by atoms with Crippen molar-refractivity contribution in [1.29, 1.82) is 0 Å². The molecule has 0 aliphatic carbocycles. The van der Waals surface area contributed by atoms with Gasteiger partial charge >= 0.3 is 6.09 Å². The normalized spacial score (nSPS) is 25.6. The van der Waals surface area contributed by atoms with Crippen molar-refractivity contribution in [1.82, 2.24) is 10.2 Å². The number of rotatable bonds is 1. The lowest BCUT2D eigenvalue weighted by Crippen LogP contribution is -2.58. The molecule has 0 bridgehead atoms. The van der Waals surface area contributed by atoms with Crippen LogP contribution >= 0.6 is 0 Å². The highest BCUT2D eigenvalue weighted by atomic mass is 16.4. The quantitative estimate of drug-likeness (QED) is 0.710. The van der Waals surface area contributed by atoms with Crippen molar-refractivity contribution in [3.05, 3.63) is 0 Å². The van der Waals surface area contributed by atoms with Crippen LogP contribution in [0, 0.1) is 5.41 Å². The Morgan fingerprint density at radius 2 is 1.94 bits per heavy atom. The Morgan fingerprint density at radius 3 is 2.25 bits per heavy atom. The minimum atomic E-state index is -0.920. The van der Waals surface area contributed by atoms with E-state index < -0.39 is 11.6 Å². The van der Waals surface area contributed by atoms with E-state index in [0.717, 1.165) is 0 Å². The zero-order valence-electron chi connectivity index (χ0n) is 10.3. The molecule has 1 saturated heterocycles. The monoisotopic (exact) mass is 228 g/mol. The molecule has 1 heterocycles. The van der Waals surface area contributed by atoms with E-state index in [1.807, 2.05) is 20.8 Å². The highest BCUT2D eigenvalue weighted by Crippen LogP contribution is 2.38. The summed E-state index contributed by atoms with van der Waals surface area (Å²) < 4.78 is 0.